The first-order valence-electron chi connectivity index (χ1n) is 6.35. The number of benzene rings is 1. The number of aldehydes is 1. The van der Waals surface area contributed by atoms with Crippen molar-refractivity contribution in [3.05, 3.63) is 51.8 Å². The van der Waals surface area contributed by atoms with Gasteiger partial charge in [-0.2, -0.15) is 5.48 Å². The van der Waals surface area contributed by atoms with Gasteiger partial charge in [0.2, 0.25) is 5.91 Å². The van der Waals surface area contributed by atoms with Gasteiger partial charge in [-0.1, -0.05) is 11.6 Å². The van der Waals surface area contributed by atoms with E-state index in [1.54, 1.807) is 24.3 Å². The summed E-state index contributed by atoms with van der Waals surface area (Å²) in [6.07, 6.45) is 1.35. The summed E-state index contributed by atoms with van der Waals surface area (Å²) in [7, 11) is 0. The highest BCUT2D eigenvalue weighted by atomic mass is 35.5. The van der Waals surface area contributed by atoms with Crippen LogP contribution in [-0.2, 0) is 11.2 Å². The van der Waals surface area contributed by atoms with Crippen molar-refractivity contribution >= 4 is 23.8 Å². The van der Waals surface area contributed by atoms with Crippen LogP contribution in [0.5, 0.6) is 5.75 Å². The number of carbonyl (C=O) groups is 2. The number of halogens is 1. The van der Waals surface area contributed by atoms with Crippen molar-refractivity contribution in [1.82, 2.24) is 10.5 Å². The van der Waals surface area contributed by atoms with Crippen LogP contribution in [0.3, 0.4) is 0 Å². The van der Waals surface area contributed by atoms with E-state index in [-0.39, 0.29) is 5.91 Å². The van der Waals surface area contributed by atoms with Crippen molar-refractivity contribution in [2.75, 3.05) is 0 Å². The molecule has 0 aliphatic carbocycles. The van der Waals surface area contributed by atoms with Crippen LogP contribution in [0.25, 0.3) is 0 Å². The molecular weight excluding hydrogens is 292 g/mol. The average Bonchev–Trinajstić information content (AvgIpc) is 2.79. The summed E-state index contributed by atoms with van der Waals surface area (Å²) < 4.78 is 0. The Bertz CT molecular complexity index is 680. The van der Waals surface area contributed by atoms with Gasteiger partial charge < -0.3 is 9.82 Å². The quantitative estimate of drug-likeness (QED) is 0.659. The molecule has 2 N–H and O–H groups in total. The van der Waals surface area contributed by atoms with Gasteiger partial charge in [-0.3, -0.25) is 9.59 Å². The molecule has 0 atom stereocenters. The first-order chi connectivity index (χ1) is 9.99. The van der Waals surface area contributed by atoms with Gasteiger partial charge in [-0.25, -0.2) is 0 Å². The van der Waals surface area contributed by atoms with Crippen LogP contribution >= 0.6 is 11.6 Å². The topological polar surface area (TPSA) is 71.2 Å². The molecule has 0 bridgehead atoms. The molecular formula is C15H15ClN2O3. The number of amides is 1. The molecule has 1 aromatic heterocycles. The molecule has 5 nitrogen and oxygen atoms in total. The van der Waals surface area contributed by atoms with Crippen LogP contribution in [0.1, 0.15) is 34.2 Å². The zero-order chi connectivity index (χ0) is 15.4. The Morgan fingerprint density at radius 2 is 2.19 bits per heavy atom. The van der Waals surface area contributed by atoms with E-state index < -0.39 is 0 Å². The lowest BCUT2D eigenvalue weighted by atomic mass is 10.1. The number of rotatable bonds is 5. The molecule has 0 aliphatic heterocycles. The smallest absolute Gasteiger partial charge is 0.249 e. The summed E-state index contributed by atoms with van der Waals surface area (Å²) in [4.78, 5) is 30.0. The Morgan fingerprint density at radius 1 is 1.43 bits per heavy atom. The van der Waals surface area contributed by atoms with E-state index in [9.17, 15) is 9.59 Å². The largest absolute Gasteiger partial charge is 0.380 e. The molecule has 1 aromatic carbocycles. The van der Waals surface area contributed by atoms with Crippen LogP contribution in [0.2, 0.25) is 5.02 Å². The number of aromatic amines is 1. The van der Waals surface area contributed by atoms with Gasteiger partial charge in [0.05, 0.1) is 0 Å². The van der Waals surface area contributed by atoms with E-state index in [0.29, 0.717) is 22.8 Å². The number of H-pyrrole nitrogens is 1. The van der Waals surface area contributed by atoms with E-state index in [0.717, 1.165) is 23.2 Å². The van der Waals surface area contributed by atoms with E-state index in [1.807, 2.05) is 6.92 Å². The molecule has 0 unspecified atom stereocenters. The van der Waals surface area contributed by atoms with E-state index >= 15 is 0 Å². The Hall–Kier alpha value is -2.27. The molecule has 0 saturated heterocycles. The van der Waals surface area contributed by atoms with E-state index in [4.69, 9.17) is 16.4 Å². The SMILES string of the molecule is CC(=O)NOc1ccc(Cl)c(Cc2cc(C=O)c(C)[nH]2)c1. The predicted octanol–water partition coefficient (Wildman–Crippen LogP) is 2.81. The zero-order valence-electron chi connectivity index (χ0n) is 11.7. The maximum absolute atomic E-state index is 10.9. The van der Waals surface area contributed by atoms with Crippen LogP contribution in [0.15, 0.2) is 24.3 Å². The lowest BCUT2D eigenvalue weighted by Gasteiger charge is -2.08. The second-order valence-corrected chi connectivity index (χ2v) is 5.09. The number of carbonyl (C=O) groups excluding carboxylic acids is 2. The van der Waals surface area contributed by atoms with Gasteiger partial charge in [0, 0.05) is 35.3 Å². The summed E-state index contributed by atoms with van der Waals surface area (Å²) in [6, 6.07) is 6.90. The molecule has 2 rings (SSSR count). The summed E-state index contributed by atoms with van der Waals surface area (Å²) >= 11 is 6.16. The van der Waals surface area contributed by atoms with Crippen LogP contribution in [-0.4, -0.2) is 17.2 Å². The number of hydroxylamine groups is 1. The highest BCUT2D eigenvalue weighted by Crippen LogP contribution is 2.24. The summed E-state index contributed by atoms with van der Waals surface area (Å²) in [6.45, 7) is 3.20. The maximum Gasteiger partial charge on any atom is 0.249 e. The Morgan fingerprint density at radius 3 is 2.81 bits per heavy atom. The first-order valence-corrected chi connectivity index (χ1v) is 6.73. The van der Waals surface area contributed by atoms with Crippen LogP contribution < -0.4 is 10.3 Å². The molecule has 0 radical (unpaired) electrons. The predicted molar refractivity (Wildman–Crippen MR) is 79.6 cm³/mol. The molecule has 1 heterocycles. The molecule has 21 heavy (non-hydrogen) atoms. The second kappa shape index (κ2) is 6.45. The molecule has 0 spiro atoms. The second-order valence-electron chi connectivity index (χ2n) is 4.68. The van der Waals surface area contributed by atoms with Crippen molar-refractivity contribution in [1.29, 1.82) is 0 Å². The average molecular weight is 307 g/mol. The third-order valence-electron chi connectivity index (χ3n) is 2.95. The third kappa shape index (κ3) is 3.86. The molecule has 1 amide bonds. The third-order valence-corrected chi connectivity index (χ3v) is 3.32. The molecule has 110 valence electrons. The fraction of sp³-hybridized carbons (Fsp3) is 0.200. The molecule has 0 aliphatic rings. The number of hydrogen-bond donors (Lipinski definition) is 2. The maximum atomic E-state index is 10.9. The monoisotopic (exact) mass is 306 g/mol. The highest BCUT2D eigenvalue weighted by molar-refractivity contribution is 6.31. The summed E-state index contributed by atoms with van der Waals surface area (Å²) in [5.41, 5.74) is 5.43. The molecule has 2 aromatic rings. The Balaban J connectivity index is 2.19. The number of nitrogens with one attached hydrogen (secondary N) is 2. The minimum Gasteiger partial charge on any atom is -0.380 e. The van der Waals surface area contributed by atoms with Crippen molar-refractivity contribution in [3.8, 4) is 5.75 Å². The Kier molecular flexibility index (Phi) is 4.65. The molecule has 0 saturated carbocycles. The molecule has 6 heteroatoms. The standard InChI is InChI=1S/C15H15ClN2O3/c1-9-12(8-19)6-13(17-9)5-11-7-14(3-4-15(11)16)21-18-10(2)20/h3-4,6-8,17H,5H2,1-2H3,(H,18,20). The summed E-state index contributed by atoms with van der Waals surface area (Å²) in [5.74, 6) is 0.200. The van der Waals surface area contributed by atoms with Crippen LogP contribution in [0.4, 0.5) is 0 Å². The first kappa shape index (κ1) is 15.1. The highest BCUT2D eigenvalue weighted by Gasteiger charge is 2.09. The van der Waals surface area contributed by atoms with Gasteiger partial charge in [0.1, 0.15) is 0 Å². The number of hydrogen-bond acceptors (Lipinski definition) is 3. The van der Waals surface area contributed by atoms with Gasteiger partial charge in [0.15, 0.2) is 12.0 Å². The fourth-order valence-corrected chi connectivity index (χ4v) is 2.13. The van der Waals surface area contributed by atoms with Crippen molar-refractivity contribution in [2.45, 2.75) is 20.3 Å². The summed E-state index contributed by atoms with van der Waals surface area (Å²) in [5, 5.41) is 0.588. The van der Waals surface area contributed by atoms with Crippen molar-refractivity contribution < 1.29 is 14.4 Å². The minimum absolute atomic E-state index is 0.290. The number of aryl methyl sites for hydroxylation is 1. The lowest BCUT2D eigenvalue weighted by molar-refractivity contribution is -0.125. The van der Waals surface area contributed by atoms with Crippen LogP contribution in [0, 0.1) is 6.92 Å². The van der Waals surface area contributed by atoms with Gasteiger partial charge in [-0.15, -0.1) is 0 Å². The van der Waals surface area contributed by atoms with Gasteiger partial charge >= 0.3 is 0 Å². The van der Waals surface area contributed by atoms with Gasteiger partial charge in [0.25, 0.3) is 0 Å². The minimum atomic E-state index is -0.290. The van der Waals surface area contributed by atoms with Gasteiger partial charge in [-0.05, 0) is 36.8 Å². The molecule has 0 fully saturated rings. The lowest BCUT2D eigenvalue weighted by Crippen LogP contribution is -2.23. The normalized spacial score (nSPS) is 10.2. The van der Waals surface area contributed by atoms with E-state index in [1.165, 1.54) is 6.92 Å². The fourth-order valence-electron chi connectivity index (χ4n) is 1.95. The van der Waals surface area contributed by atoms with Crippen molar-refractivity contribution in [2.24, 2.45) is 0 Å². The Labute approximate surface area is 127 Å². The number of aromatic nitrogens is 1. The van der Waals surface area contributed by atoms with E-state index in [2.05, 4.69) is 10.5 Å². The van der Waals surface area contributed by atoms with Crippen molar-refractivity contribution in [3.63, 3.8) is 0 Å². The zero-order valence-corrected chi connectivity index (χ0v) is 12.5.